The number of alkyl halides is 1. The Bertz CT molecular complexity index is 1270. The fourth-order valence-electron chi connectivity index (χ4n) is 5.85. The van der Waals surface area contributed by atoms with Crippen LogP contribution in [0.25, 0.3) is 11.0 Å². The zero-order valence-electron chi connectivity index (χ0n) is 22.6. The number of hydrogen-bond acceptors (Lipinski definition) is 7. The topological polar surface area (TPSA) is 72.4 Å². The lowest BCUT2D eigenvalue weighted by molar-refractivity contribution is 0.0251. The van der Waals surface area contributed by atoms with Crippen molar-refractivity contribution in [2.45, 2.75) is 70.6 Å². The van der Waals surface area contributed by atoms with Gasteiger partial charge < -0.3 is 19.7 Å². The summed E-state index contributed by atoms with van der Waals surface area (Å²) in [6.45, 7) is 8.75. The van der Waals surface area contributed by atoms with E-state index in [1.165, 1.54) is 13.0 Å². The average molecular weight is 526 g/mol. The molecule has 2 fully saturated rings. The summed E-state index contributed by atoms with van der Waals surface area (Å²) in [6.07, 6.45) is 2.85. The zero-order valence-corrected chi connectivity index (χ0v) is 22.6. The van der Waals surface area contributed by atoms with Gasteiger partial charge >= 0.3 is 0 Å². The standard InChI is InChI=1S/C29H37F2N5O2/c1-17(30)22-6-5-7-23(26(22)31)18(2)32-27-25-16-24(29(37-4)35-28(25)34-19(3)33-27)20-8-12-36(13-9-20)21-10-14-38-15-11-21/h5-7,16-18,20-21H,8-15H2,1-4H3,(H,32,33,34,35)/t17?,18-/m1/s1. The van der Waals surface area contributed by atoms with Gasteiger partial charge in [0.05, 0.1) is 18.5 Å². The molecule has 204 valence electrons. The van der Waals surface area contributed by atoms with E-state index in [4.69, 9.17) is 14.5 Å². The van der Waals surface area contributed by atoms with E-state index in [-0.39, 0.29) is 5.56 Å². The van der Waals surface area contributed by atoms with E-state index >= 15 is 4.39 Å². The molecule has 9 heteroatoms. The first-order valence-corrected chi connectivity index (χ1v) is 13.6. The maximum atomic E-state index is 15.1. The van der Waals surface area contributed by atoms with Crippen molar-refractivity contribution in [1.82, 2.24) is 19.9 Å². The highest BCUT2D eigenvalue weighted by Gasteiger charge is 2.29. The number of hydrogen-bond donors (Lipinski definition) is 1. The molecule has 0 spiro atoms. The molecule has 2 aliphatic rings. The number of aromatic nitrogens is 3. The molecular formula is C29H37F2N5O2. The van der Waals surface area contributed by atoms with Crippen LogP contribution >= 0.6 is 0 Å². The smallest absolute Gasteiger partial charge is 0.218 e. The summed E-state index contributed by atoms with van der Waals surface area (Å²) in [5.74, 6) is 1.49. The molecule has 2 aromatic heterocycles. The maximum absolute atomic E-state index is 15.1. The number of likely N-dealkylation sites (tertiary alicyclic amines) is 1. The lowest BCUT2D eigenvalue weighted by Gasteiger charge is -2.39. The summed E-state index contributed by atoms with van der Waals surface area (Å²) >= 11 is 0. The first kappa shape index (κ1) is 26.7. The third-order valence-corrected chi connectivity index (χ3v) is 7.97. The van der Waals surface area contributed by atoms with E-state index in [1.54, 1.807) is 26.2 Å². The van der Waals surface area contributed by atoms with Gasteiger partial charge in [0.2, 0.25) is 5.88 Å². The minimum absolute atomic E-state index is 0.0562. The Morgan fingerprint density at radius 2 is 1.76 bits per heavy atom. The van der Waals surface area contributed by atoms with Gasteiger partial charge in [-0.2, -0.15) is 4.98 Å². The third kappa shape index (κ3) is 5.45. The number of piperidine rings is 1. The van der Waals surface area contributed by atoms with Crippen LogP contribution in [0.1, 0.15) is 80.2 Å². The second-order valence-corrected chi connectivity index (χ2v) is 10.5. The van der Waals surface area contributed by atoms with Crippen molar-refractivity contribution in [3.8, 4) is 5.88 Å². The summed E-state index contributed by atoms with van der Waals surface area (Å²) in [5, 5.41) is 4.12. The predicted molar refractivity (Wildman–Crippen MR) is 144 cm³/mol. The van der Waals surface area contributed by atoms with Crippen LogP contribution < -0.4 is 10.1 Å². The van der Waals surface area contributed by atoms with Crippen LogP contribution in [0.15, 0.2) is 24.3 Å². The van der Waals surface area contributed by atoms with E-state index in [2.05, 4.69) is 26.3 Å². The second-order valence-electron chi connectivity index (χ2n) is 10.5. The fraction of sp³-hybridized carbons (Fsp3) is 0.552. The van der Waals surface area contributed by atoms with Crippen LogP contribution in [0.4, 0.5) is 14.6 Å². The number of pyridine rings is 1. The summed E-state index contributed by atoms with van der Waals surface area (Å²) in [7, 11) is 1.64. The number of anilines is 1. The van der Waals surface area contributed by atoms with Gasteiger partial charge in [-0.15, -0.1) is 0 Å². The maximum Gasteiger partial charge on any atom is 0.218 e. The minimum atomic E-state index is -1.39. The normalized spacial score (nSPS) is 19.4. The first-order chi connectivity index (χ1) is 18.4. The van der Waals surface area contributed by atoms with Crippen molar-refractivity contribution in [3.05, 3.63) is 52.6 Å². The number of rotatable bonds is 7. The van der Waals surface area contributed by atoms with E-state index in [0.29, 0.717) is 40.7 Å². The molecule has 38 heavy (non-hydrogen) atoms. The van der Waals surface area contributed by atoms with Gasteiger partial charge in [-0.25, -0.2) is 18.7 Å². The molecule has 0 radical (unpaired) electrons. The van der Waals surface area contributed by atoms with Crippen LogP contribution in [0.3, 0.4) is 0 Å². The molecule has 2 saturated heterocycles. The number of aryl methyl sites for hydroxylation is 1. The minimum Gasteiger partial charge on any atom is -0.481 e. The lowest BCUT2D eigenvalue weighted by atomic mass is 9.88. The van der Waals surface area contributed by atoms with Gasteiger partial charge in [0.1, 0.15) is 23.6 Å². The average Bonchev–Trinajstić information content (AvgIpc) is 2.92. The monoisotopic (exact) mass is 525 g/mol. The number of halogens is 2. The number of methoxy groups -OCH3 is 1. The van der Waals surface area contributed by atoms with Crippen molar-refractivity contribution < 1.29 is 18.3 Å². The van der Waals surface area contributed by atoms with Gasteiger partial charge in [0.15, 0.2) is 5.65 Å². The highest BCUT2D eigenvalue weighted by molar-refractivity contribution is 5.88. The summed E-state index contributed by atoms with van der Waals surface area (Å²) in [5.41, 5.74) is 2.02. The number of fused-ring (bicyclic) bond motifs is 1. The molecule has 1 aromatic carbocycles. The van der Waals surface area contributed by atoms with Crippen molar-refractivity contribution in [2.24, 2.45) is 0 Å². The third-order valence-electron chi connectivity index (χ3n) is 7.97. The molecule has 4 heterocycles. The van der Waals surface area contributed by atoms with Crippen LogP contribution in [-0.4, -0.2) is 59.3 Å². The Labute approximate surface area is 223 Å². The van der Waals surface area contributed by atoms with Crippen LogP contribution in [0.5, 0.6) is 5.88 Å². The number of benzene rings is 1. The molecular weight excluding hydrogens is 488 g/mol. The largest absolute Gasteiger partial charge is 0.481 e. The predicted octanol–water partition coefficient (Wildman–Crippen LogP) is 6.04. The van der Waals surface area contributed by atoms with Gasteiger partial charge in [-0.1, -0.05) is 18.2 Å². The molecule has 0 bridgehead atoms. The Balaban J connectivity index is 1.43. The van der Waals surface area contributed by atoms with Crippen LogP contribution in [-0.2, 0) is 4.74 Å². The number of nitrogens with one attached hydrogen (secondary N) is 1. The van der Waals surface area contributed by atoms with E-state index in [9.17, 15) is 4.39 Å². The molecule has 0 saturated carbocycles. The molecule has 1 unspecified atom stereocenters. The van der Waals surface area contributed by atoms with Gasteiger partial charge in [-0.05, 0) is 71.5 Å². The van der Waals surface area contributed by atoms with Crippen LogP contribution in [0.2, 0.25) is 0 Å². The molecule has 1 N–H and O–H groups in total. The number of ether oxygens (including phenoxy) is 2. The molecule has 2 aliphatic heterocycles. The molecule has 7 nitrogen and oxygen atoms in total. The Morgan fingerprint density at radius 3 is 2.45 bits per heavy atom. The summed E-state index contributed by atoms with van der Waals surface area (Å²) in [4.78, 5) is 16.6. The molecule has 0 amide bonds. The Morgan fingerprint density at radius 1 is 1.05 bits per heavy atom. The van der Waals surface area contributed by atoms with Crippen molar-refractivity contribution in [1.29, 1.82) is 0 Å². The molecule has 5 rings (SSSR count). The van der Waals surface area contributed by atoms with Gasteiger partial charge in [0.25, 0.3) is 0 Å². The summed E-state index contributed by atoms with van der Waals surface area (Å²) in [6, 6.07) is 7.09. The van der Waals surface area contributed by atoms with E-state index in [0.717, 1.165) is 62.9 Å². The molecule has 3 aromatic rings. The fourth-order valence-corrected chi connectivity index (χ4v) is 5.85. The number of nitrogens with zero attached hydrogens (tertiary/aromatic N) is 4. The zero-order chi connectivity index (χ0) is 26.8. The highest BCUT2D eigenvalue weighted by Crippen LogP contribution is 2.38. The van der Waals surface area contributed by atoms with Gasteiger partial charge in [-0.3, -0.25) is 0 Å². The van der Waals surface area contributed by atoms with Crippen molar-refractivity contribution in [3.63, 3.8) is 0 Å². The van der Waals surface area contributed by atoms with Crippen molar-refractivity contribution in [2.75, 3.05) is 38.7 Å². The second kappa shape index (κ2) is 11.5. The lowest BCUT2D eigenvalue weighted by Crippen LogP contribution is -2.43. The Hall–Kier alpha value is -2.91. The first-order valence-electron chi connectivity index (χ1n) is 13.6. The van der Waals surface area contributed by atoms with Crippen molar-refractivity contribution >= 4 is 16.9 Å². The SMILES string of the molecule is COc1nc2nc(C)nc(N[C@H](C)c3cccc(C(C)F)c3F)c2cc1C1CCN(C2CCOCC2)CC1. The highest BCUT2D eigenvalue weighted by atomic mass is 19.1. The molecule has 2 atom stereocenters. The Kier molecular flexibility index (Phi) is 8.04. The van der Waals surface area contributed by atoms with E-state index in [1.807, 2.05) is 6.92 Å². The summed E-state index contributed by atoms with van der Waals surface area (Å²) < 4.78 is 40.3. The van der Waals surface area contributed by atoms with Crippen LogP contribution in [0, 0.1) is 12.7 Å². The van der Waals surface area contributed by atoms with E-state index < -0.39 is 18.0 Å². The quantitative estimate of drug-likeness (QED) is 0.403. The van der Waals surface area contributed by atoms with Gasteiger partial charge in [0, 0.05) is 35.9 Å². The molecule has 0 aliphatic carbocycles.